The van der Waals surface area contributed by atoms with Gasteiger partial charge in [0.25, 0.3) is 0 Å². The number of aromatic hydroxyl groups is 1. The van der Waals surface area contributed by atoms with Crippen LogP contribution in [-0.2, 0) is 23.6 Å². The molecule has 2 aliphatic rings. The van der Waals surface area contributed by atoms with Gasteiger partial charge in [0, 0.05) is 0 Å². The van der Waals surface area contributed by atoms with Crippen LogP contribution in [0.4, 0.5) is 0 Å². The van der Waals surface area contributed by atoms with E-state index in [2.05, 4.69) is 0 Å². The fourth-order valence-electron chi connectivity index (χ4n) is 3.78. The Labute approximate surface area is 128 Å². The van der Waals surface area contributed by atoms with Crippen LogP contribution in [-0.4, -0.2) is 14.2 Å². The highest BCUT2D eigenvalue weighted by Crippen LogP contribution is 2.42. The predicted molar refractivity (Wildman–Crippen MR) is 81.7 cm³/mol. The fraction of sp³-hybridized carbons (Fsp3) is 0.471. The Hall–Kier alpha value is -2.01. The van der Waals surface area contributed by atoms with Crippen molar-refractivity contribution < 1.29 is 9.84 Å². The highest BCUT2D eigenvalue weighted by Gasteiger charge is 2.44. The molecule has 0 bridgehead atoms. The second-order valence-corrected chi connectivity index (χ2v) is 6.26. The molecule has 0 atom stereocenters. The third kappa shape index (κ3) is 1.92. The molecular formula is C17H20N2O3. The van der Waals surface area contributed by atoms with Crippen LogP contribution in [0.3, 0.4) is 0 Å². The van der Waals surface area contributed by atoms with Crippen molar-refractivity contribution in [3.8, 4) is 5.88 Å². The summed E-state index contributed by atoms with van der Waals surface area (Å²) in [5.74, 6) is 0.0521. The van der Waals surface area contributed by atoms with Crippen molar-refractivity contribution in [1.29, 1.82) is 0 Å². The smallest absolute Gasteiger partial charge is 0.334 e. The number of nitrogens with zero attached hydrogens (tertiary/aromatic N) is 2. The zero-order valence-electron chi connectivity index (χ0n) is 12.5. The predicted octanol–water partition coefficient (Wildman–Crippen LogP) is 2.55. The molecule has 1 N–H and O–H groups in total. The standard InChI is InChI=1S/C17H20N2O3/c20-15-14-12-22-17(9-5-2-6-10-17)19(14)16(21)18(15)11-13-7-3-1-4-8-13/h1,3-4,7-8,20H,2,5-6,9-12H2. The third-order valence-corrected chi connectivity index (χ3v) is 4.91. The number of hydrogen-bond acceptors (Lipinski definition) is 3. The molecule has 0 amide bonds. The Morgan fingerprint density at radius 2 is 1.86 bits per heavy atom. The monoisotopic (exact) mass is 300 g/mol. The minimum atomic E-state index is -0.524. The molecular weight excluding hydrogens is 280 g/mol. The van der Waals surface area contributed by atoms with Gasteiger partial charge >= 0.3 is 5.69 Å². The Kier molecular flexibility index (Phi) is 3.11. The number of benzene rings is 1. The van der Waals surface area contributed by atoms with E-state index in [9.17, 15) is 9.90 Å². The lowest BCUT2D eigenvalue weighted by atomic mass is 9.91. The second-order valence-electron chi connectivity index (χ2n) is 6.26. The van der Waals surface area contributed by atoms with E-state index in [0.717, 1.165) is 31.2 Å². The van der Waals surface area contributed by atoms with E-state index in [0.29, 0.717) is 18.8 Å². The summed E-state index contributed by atoms with van der Waals surface area (Å²) < 4.78 is 9.12. The molecule has 1 aromatic heterocycles. The summed E-state index contributed by atoms with van der Waals surface area (Å²) in [7, 11) is 0. The van der Waals surface area contributed by atoms with Crippen LogP contribution in [0.1, 0.15) is 43.4 Å². The molecule has 2 aromatic rings. The van der Waals surface area contributed by atoms with E-state index in [1.54, 1.807) is 4.57 Å². The van der Waals surface area contributed by atoms with Crippen molar-refractivity contribution >= 4 is 0 Å². The van der Waals surface area contributed by atoms with Crippen LogP contribution in [0, 0.1) is 0 Å². The van der Waals surface area contributed by atoms with Crippen molar-refractivity contribution in [1.82, 2.24) is 9.13 Å². The zero-order chi connectivity index (χ0) is 15.2. The van der Waals surface area contributed by atoms with Gasteiger partial charge in [-0.2, -0.15) is 0 Å². The van der Waals surface area contributed by atoms with Crippen molar-refractivity contribution in [3.63, 3.8) is 0 Å². The van der Waals surface area contributed by atoms with Gasteiger partial charge in [-0.1, -0.05) is 36.8 Å². The van der Waals surface area contributed by atoms with Gasteiger partial charge in [0.05, 0.1) is 13.2 Å². The van der Waals surface area contributed by atoms with Gasteiger partial charge in [0.2, 0.25) is 5.88 Å². The zero-order valence-corrected chi connectivity index (χ0v) is 12.5. The first-order valence-corrected chi connectivity index (χ1v) is 7.93. The molecule has 4 rings (SSSR count). The van der Waals surface area contributed by atoms with Gasteiger partial charge < -0.3 is 9.84 Å². The first-order valence-electron chi connectivity index (χ1n) is 7.93. The van der Waals surface area contributed by atoms with Gasteiger partial charge in [-0.05, 0) is 31.2 Å². The molecule has 1 spiro atoms. The Morgan fingerprint density at radius 1 is 1.14 bits per heavy atom. The summed E-state index contributed by atoms with van der Waals surface area (Å²) in [5.41, 5.74) is 0.950. The molecule has 1 fully saturated rings. The van der Waals surface area contributed by atoms with Crippen LogP contribution < -0.4 is 5.69 Å². The van der Waals surface area contributed by atoms with Crippen molar-refractivity contribution in [2.75, 3.05) is 0 Å². The van der Waals surface area contributed by atoms with Gasteiger partial charge in [0.15, 0.2) is 0 Å². The first-order chi connectivity index (χ1) is 10.7. The average molecular weight is 300 g/mol. The van der Waals surface area contributed by atoms with Crippen LogP contribution >= 0.6 is 0 Å². The lowest BCUT2D eigenvalue weighted by Crippen LogP contribution is -2.42. The number of aromatic nitrogens is 2. The maximum atomic E-state index is 12.8. The summed E-state index contributed by atoms with van der Waals surface area (Å²) in [4.78, 5) is 12.8. The van der Waals surface area contributed by atoms with E-state index in [4.69, 9.17) is 4.74 Å². The molecule has 1 aromatic carbocycles. The van der Waals surface area contributed by atoms with Crippen molar-refractivity contribution in [2.24, 2.45) is 0 Å². The summed E-state index contributed by atoms with van der Waals surface area (Å²) >= 11 is 0. The van der Waals surface area contributed by atoms with Gasteiger partial charge in [-0.25, -0.2) is 4.79 Å². The van der Waals surface area contributed by atoms with Crippen LogP contribution in [0.15, 0.2) is 35.1 Å². The first kappa shape index (κ1) is 13.6. The van der Waals surface area contributed by atoms with E-state index in [1.165, 1.54) is 11.0 Å². The highest BCUT2D eigenvalue weighted by atomic mass is 16.5. The molecule has 116 valence electrons. The molecule has 0 unspecified atom stereocenters. The lowest BCUT2D eigenvalue weighted by Gasteiger charge is -2.33. The topological polar surface area (TPSA) is 56.4 Å². The molecule has 2 heterocycles. The van der Waals surface area contributed by atoms with Gasteiger partial charge in [-0.3, -0.25) is 9.13 Å². The quantitative estimate of drug-likeness (QED) is 0.927. The summed E-state index contributed by atoms with van der Waals surface area (Å²) in [6.07, 6.45) is 5.03. The van der Waals surface area contributed by atoms with Crippen molar-refractivity contribution in [2.45, 2.75) is 51.0 Å². The molecule has 1 saturated carbocycles. The molecule has 1 aliphatic carbocycles. The summed E-state index contributed by atoms with van der Waals surface area (Å²) in [6, 6.07) is 9.74. The largest absolute Gasteiger partial charge is 0.493 e. The van der Waals surface area contributed by atoms with E-state index >= 15 is 0 Å². The third-order valence-electron chi connectivity index (χ3n) is 4.91. The number of ether oxygens (including phenoxy) is 1. The maximum Gasteiger partial charge on any atom is 0.334 e. The van der Waals surface area contributed by atoms with Gasteiger partial charge in [0.1, 0.15) is 11.4 Å². The van der Waals surface area contributed by atoms with E-state index in [1.807, 2.05) is 30.3 Å². The molecule has 1 aliphatic heterocycles. The number of hydrogen-bond donors (Lipinski definition) is 1. The second kappa shape index (κ2) is 5.02. The summed E-state index contributed by atoms with van der Waals surface area (Å²) in [6.45, 7) is 0.713. The minimum absolute atomic E-state index is 0.0521. The Morgan fingerprint density at radius 3 is 2.59 bits per heavy atom. The Bertz CT molecular complexity index is 739. The molecule has 5 nitrogen and oxygen atoms in total. The van der Waals surface area contributed by atoms with Crippen LogP contribution in [0.2, 0.25) is 0 Å². The van der Waals surface area contributed by atoms with Crippen molar-refractivity contribution in [3.05, 3.63) is 52.1 Å². The minimum Gasteiger partial charge on any atom is -0.493 e. The average Bonchev–Trinajstić information content (AvgIpc) is 3.02. The normalized spacial score (nSPS) is 19.5. The molecule has 5 heteroatoms. The fourth-order valence-corrected chi connectivity index (χ4v) is 3.78. The molecule has 0 saturated heterocycles. The Balaban J connectivity index is 1.77. The number of imidazole rings is 1. The van der Waals surface area contributed by atoms with E-state index in [-0.39, 0.29) is 11.6 Å². The highest BCUT2D eigenvalue weighted by molar-refractivity contribution is 5.26. The van der Waals surface area contributed by atoms with Crippen LogP contribution in [0.5, 0.6) is 5.88 Å². The maximum absolute atomic E-state index is 12.8. The number of rotatable bonds is 2. The summed E-state index contributed by atoms with van der Waals surface area (Å²) in [5, 5.41) is 10.5. The molecule has 0 radical (unpaired) electrons. The lowest BCUT2D eigenvalue weighted by molar-refractivity contribution is -0.109. The molecule has 22 heavy (non-hydrogen) atoms. The van der Waals surface area contributed by atoms with E-state index < -0.39 is 5.72 Å². The van der Waals surface area contributed by atoms with Crippen LogP contribution in [0.25, 0.3) is 0 Å². The number of fused-ring (bicyclic) bond motifs is 2. The van der Waals surface area contributed by atoms with Gasteiger partial charge in [-0.15, -0.1) is 0 Å². The SMILES string of the molecule is O=c1n(Cc2ccccc2)c(O)c2n1C1(CCCCC1)OC2.